The lowest BCUT2D eigenvalue weighted by Gasteiger charge is -2.28. The Morgan fingerprint density at radius 3 is 1.65 bits per heavy atom. The molecule has 0 spiro atoms. The molecule has 0 aromatic carbocycles. The van der Waals surface area contributed by atoms with Crippen molar-refractivity contribution in [3.05, 3.63) is 24.3 Å². The minimum atomic E-state index is -4.62. The largest absolute Gasteiger partial charge is 0.756 e. The number of phosphoric acid groups is 1. The first-order valence-corrected chi connectivity index (χ1v) is 21.0. The van der Waals surface area contributed by atoms with Crippen LogP contribution in [0, 0.1) is 0 Å². The van der Waals surface area contributed by atoms with Gasteiger partial charge in [-0.05, 0) is 44.9 Å². The van der Waals surface area contributed by atoms with E-state index in [0.29, 0.717) is 23.9 Å². The Morgan fingerprint density at radius 1 is 0.633 bits per heavy atom. The van der Waals surface area contributed by atoms with Crippen molar-refractivity contribution in [1.82, 2.24) is 0 Å². The van der Waals surface area contributed by atoms with Gasteiger partial charge in [0.25, 0.3) is 7.82 Å². The van der Waals surface area contributed by atoms with Crippen molar-refractivity contribution in [3.63, 3.8) is 0 Å². The maximum absolute atomic E-state index is 12.6. The number of likely N-dealkylation sites (N-methyl/N-ethyl adjacent to an activating group) is 1. The topological polar surface area (TPSA) is 111 Å². The molecule has 0 aromatic rings. The van der Waals surface area contributed by atoms with E-state index >= 15 is 0 Å². The van der Waals surface area contributed by atoms with Gasteiger partial charge in [0.1, 0.15) is 19.8 Å². The first-order chi connectivity index (χ1) is 23.5. The molecule has 288 valence electrons. The molecule has 9 nitrogen and oxygen atoms in total. The van der Waals surface area contributed by atoms with Crippen LogP contribution in [0.2, 0.25) is 0 Å². The Kier molecular flexibility index (Phi) is 31.4. The van der Waals surface area contributed by atoms with E-state index in [2.05, 4.69) is 38.2 Å². The average molecular weight is 716 g/mol. The van der Waals surface area contributed by atoms with Crippen LogP contribution in [0.4, 0.5) is 0 Å². The summed E-state index contributed by atoms with van der Waals surface area (Å²) in [6.45, 7) is 4.15. The van der Waals surface area contributed by atoms with Crippen molar-refractivity contribution in [2.75, 3.05) is 47.5 Å². The third kappa shape index (κ3) is 36.1. The third-order valence-electron chi connectivity index (χ3n) is 8.22. The molecule has 2 atom stereocenters. The maximum Gasteiger partial charge on any atom is 0.306 e. The van der Waals surface area contributed by atoms with Gasteiger partial charge >= 0.3 is 11.9 Å². The second-order valence-electron chi connectivity index (χ2n) is 14.3. The highest BCUT2D eigenvalue weighted by Gasteiger charge is 2.21. The fraction of sp³-hybridized carbons (Fsp3) is 0.846. The van der Waals surface area contributed by atoms with Crippen LogP contribution < -0.4 is 4.89 Å². The van der Waals surface area contributed by atoms with Crippen LogP contribution >= 0.6 is 7.82 Å². The summed E-state index contributed by atoms with van der Waals surface area (Å²) in [5, 5.41) is 0. The first-order valence-electron chi connectivity index (χ1n) is 19.5. The number of hydrogen-bond acceptors (Lipinski definition) is 8. The quantitative estimate of drug-likeness (QED) is 0.0210. The molecule has 0 saturated carbocycles. The Bertz CT molecular complexity index is 902. The summed E-state index contributed by atoms with van der Waals surface area (Å²) >= 11 is 0. The SMILES string of the molecule is CCCCCCCC/C=C/C/C=C/CCCCC(=O)OC[C@@H](COP(=O)([O-])OCC[N+](C)(C)C)OC(=O)CCCCCCCCCCCC. The number of unbranched alkanes of at least 4 members (excludes halogenated alkanes) is 17. The van der Waals surface area contributed by atoms with Crippen LogP contribution in [0.25, 0.3) is 0 Å². The molecule has 0 aliphatic carbocycles. The molecule has 0 aliphatic rings. The Labute approximate surface area is 300 Å². The fourth-order valence-electron chi connectivity index (χ4n) is 5.09. The summed E-state index contributed by atoms with van der Waals surface area (Å²) in [4.78, 5) is 37.3. The number of ether oxygens (including phenoxy) is 2. The molecule has 0 heterocycles. The van der Waals surface area contributed by atoms with Crippen molar-refractivity contribution in [1.29, 1.82) is 0 Å². The summed E-state index contributed by atoms with van der Waals surface area (Å²) in [7, 11) is 1.15. The third-order valence-corrected chi connectivity index (χ3v) is 9.19. The van der Waals surface area contributed by atoms with E-state index in [1.807, 2.05) is 21.1 Å². The summed E-state index contributed by atoms with van der Waals surface area (Å²) in [6, 6.07) is 0. The van der Waals surface area contributed by atoms with Crippen LogP contribution in [0.1, 0.15) is 162 Å². The number of carbonyl (C=O) groups is 2. The molecule has 0 radical (unpaired) electrons. The van der Waals surface area contributed by atoms with Gasteiger partial charge in [0.15, 0.2) is 6.10 Å². The number of phosphoric ester groups is 1. The standard InChI is InChI=1S/C39H74NO8P/c1-6-8-10-12-14-16-18-19-20-21-22-24-25-27-29-31-38(41)45-35-37(36-47-49(43,44)46-34-33-40(3,4)5)48-39(42)32-30-28-26-23-17-15-13-11-9-7-2/h19-20,22,24,37H,6-18,21,23,25-36H2,1-5H3/b20-19+,24-22+/t37-/m0/s1. The van der Waals surface area contributed by atoms with E-state index in [4.69, 9.17) is 18.5 Å². The van der Waals surface area contributed by atoms with E-state index < -0.39 is 32.5 Å². The highest BCUT2D eigenvalue weighted by atomic mass is 31.2. The molecular weight excluding hydrogens is 641 g/mol. The zero-order valence-corrected chi connectivity index (χ0v) is 33.0. The molecule has 0 aromatic heterocycles. The minimum absolute atomic E-state index is 0.0341. The van der Waals surface area contributed by atoms with Crippen molar-refractivity contribution in [2.45, 2.75) is 168 Å². The van der Waals surface area contributed by atoms with E-state index in [1.165, 1.54) is 77.0 Å². The van der Waals surface area contributed by atoms with Gasteiger partial charge in [0.2, 0.25) is 0 Å². The van der Waals surface area contributed by atoms with Crippen molar-refractivity contribution in [3.8, 4) is 0 Å². The Morgan fingerprint density at radius 2 is 1.10 bits per heavy atom. The average Bonchev–Trinajstić information content (AvgIpc) is 3.04. The molecule has 49 heavy (non-hydrogen) atoms. The lowest BCUT2D eigenvalue weighted by atomic mass is 10.1. The van der Waals surface area contributed by atoms with Gasteiger partial charge < -0.3 is 27.9 Å². The minimum Gasteiger partial charge on any atom is -0.756 e. The number of esters is 2. The maximum atomic E-state index is 12.6. The van der Waals surface area contributed by atoms with Gasteiger partial charge in [-0.15, -0.1) is 0 Å². The zero-order valence-electron chi connectivity index (χ0n) is 32.1. The van der Waals surface area contributed by atoms with Gasteiger partial charge in [-0.1, -0.05) is 128 Å². The summed E-state index contributed by atoms with van der Waals surface area (Å²) in [6.07, 6.45) is 32.1. The number of nitrogens with zero attached hydrogens (tertiary/aromatic N) is 1. The van der Waals surface area contributed by atoms with Gasteiger partial charge in [-0.2, -0.15) is 0 Å². The smallest absolute Gasteiger partial charge is 0.306 e. The molecule has 0 bridgehead atoms. The molecule has 10 heteroatoms. The van der Waals surface area contributed by atoms with Crippen molar-refractivity contribution < 1.29 is 42.1 Å². The molecule has 1 unspecified atom stereocenters. The van der Waals surface area contributed by atoms with Gasteiger partial charge in [-0.3, -0.25) is 14.2 Å². The number of rotatable bonds is 35. The van der Waals surface area contributed by atoms with E-state index in [0.717, 1.165) is 44.9 Å². The van der Waals surface area contributed by atoms with Gasteiger partial charge in [0.05, 0.1) is 27.7 Å². The number of allylic oxidation sites excluding steroid dienone is 4. The van der Waals surface area contributed by atoms with Gasteiger partial charge in [-0.25, -0.2) is 0 Å². The molecule has 0 amide bonds. The van der Waals surface area contributed by atoms with Crippen molar-refractivity contribution in [2.24, 2.45) is 0 Å². The predicted octanol–water partition coefficient (Wildman–Crippen LogP) is 9.77. The number of quaternary nitrogens is 1. The monoisotopic (exact) mass is 716 g/mol. The summed E-state index contributed by atoms with van der Waals surface area (Å²) < 4.78 is 33.7. The molecule has 0 N–H and O–H groups in total. The molecule has 0 fully saturated rings. The van der Waals surface area contributed by atoms with E-state index in [9.17, 15) is 19.0 Å². The van der Waals surface area contributed by atoms with E-state index in [1.54, 1.807) is 0 Å². The molecule has 0 saturated heterocycles. The fourth-order valence-corrected chi connectivity index (χ4v) is 5.82. The lowest BCUT2D eigenvalue weighted by Crippen LogP contribution is -2.37. The van der Waals surface area contributed by atoms with Crippen LogP contribution in [0.15, 0.2) is 24.3 Å². The normalized spacial score (nSPS) is 14.0. The van der Waals surface area contributed by atoms with E-state index in [-0.39, 0.29) is 26.1 Å². The highest BCUT2D eigenvalue weighted by molar-refractivity contribution is 7.45. The Balaban J connectivity index is 4.46. The highest BCUT2D eigenvalue weighted by Crippen LogP contribution is 2.38. The summed E-state index contributed by atoms with van der Waals surface area (Å²) in [5.41, 5.74) is 0. The van der Waals surface area contributed by atoms with Crippen LogP contribution in [0.3, 0.4) is 0 Å². The molecule has 0 aliphatic heterocycles. The van der Waals surface area contributed by atoms with Crippen LogP contribution in [0.5, 0.6) is 0 Å². The second kappa shape index (κ2) is 32.4. The summed E-state index contributed by atoms with van der Waals surface area (Å²) in [5.74, 6) is -0.873. The zero-order chi connectivity index (χ0) is 36.5. The van der Waals surface area contributed by atoms with Crippen LogP contribution in [-0.4, -0.2) is 70.0 Å². The molecule has 0 rings (SSSR count). The lowest BCUT2D eigenvalue weighted by molar-refractivity contribution is -0.870. The predicted molar refractivity (Wildman–Crippen MR) is 199 cm³/mol. The first kappa shape index (κ1) is 47.5. The van der Waals surface area contributed by atoms with Gasteiger partial charge in [0, 0.05) is 12.8 Å². The van der Waals surface area contributed by atoms with Crippen molar-refractivity contribution >= 4 is 19.8 Å². The Hall–Kier alpha value is -1.51. The second-order valence-corrected chi connectivity index (χ2v) is 15.7. The number of carbonyl (C=O) groups excluding carboxylic acids is 2. The van der Waals surface area contributed by atoms with Crippen LogP contribution in [-0.2, 0) is 32.7 Å². The number of hydrogen-bond donors (Lipinski definition) is 0. The molecular formula is C39H74NO8P.